The van der Waals surface area contributed by atoms with E-state index in [4.69, 9.17) is 5.73 Å². The highest BCUT2D eigenvalue weighted by atomic mass is 16.4. The highest BCUT2D eigenvalue weighted by Crippen LogP contribution is 2.23. The van der Waals surface area contributed by atoms with Crippen LogP contribution in [-0.4, -0.2) is 233 Å². The fourth-order valence-corrected chi connectivity index (χ4v) is 12.9. The van der Waals surface area contributed by atoms with E-state index < -0.39 is 235 Å². The Morgan fingerprint density at radius 1 is 0.378 bits per heavy atom. The van der Waals surface area contributed by atoms with Gasteiger partial charge in [-0.25, -0.2) is 0 Å². The van der Waals surface area contributed by atoms with Gasteiger partial charge in [0, 0.05) is 73.2 Å². The second kappa shape index (κ2) is 45.0. The Morgan fingerprint density at radius 2 is 0.748 bits per heavy atom. The van der Waals surface area contributed by atoms with Crippen LogP contribution < -0.4 is 74.9 Å². The number of carbonyl (C=O) groups is 16. The molecular formula is C81H108N16O22. The van der Waals surface area contributed by atoms with Crippen molar-refractivity contribution in [2.45, 2.75) is 211 Å². The Labute approximate surface area is 685 Å². The van der Waals surface area contributed by atoms with Crippen LogP contribution in [-0.2, 0) is 102 Å². The van der Waals surface area contributed by atoms with Crippen LogP contribution in [0.25, 0.3) is 21.8 Å². The number of aromatic nitrogens is 2. The predicted octanol–water partition coefficient (Wildman–Crippen LogP) is -2.10. The maximum Gasteiger partial charge on any atom is 0.305 e. The second-order valence-corrected chi connectivity index (χ2v) is 30.3. The molecule has 644 valence electrons. The van der Waals surface area contributed by atoms with E-state index in [-0.39, 0.29) is 37.0 Å². The van der Waals surface area contributed by atoms with E-state index in [1.807, 2.05) is 0 Å². The van der Waals surface area contributed by atoms with Crippen LogP contribution in [0.4, 0.5) is 0 Å². The molecule has 14 amide bonds. The molecule has 23 N–H and O–H groups in total. The zero-order valence-corrected chi connectivity index (χ0v) is 67.5. The zero-order chi connectivity index (χ0) is 88.2. The van der Waals surface area contributed by atoms with Crippen LogP contribution in [0.1, 0.15) is 117 Å². The lowest BCUT2D eigenvalue weighted by Crippen LogP contribution is -2.63. The van der Waals surface area contributed by atoms with Crippen molar-refractivity contribution >= 4 is 116 Å². The molecule has 6 aromatic rings. The number of hydrogen-bond donors (Lipinski definition) is 22. The Bertz CT molecular complexity index is 4590. The zero-order valence-electron chi connectivity index (χ0n) is 67.5. The number of nitrogens with one attached hydrogen (secondary N) is 15. The maximum atomic E-state index is 14.8. The summed E-state index contributed by atoms with van der Waals surface area (Å²) in [5.41, 5.74) is 8.60. The van der Waals surface area contributed by atoms with Crippen molar-refractivity contribution in [2.75, 3.05) is 6.61 Å². The van der Waals surface area contributed by atoms with E-state index >= 15 is 0 Å². The quantitative estimate of drug-likeness (QED) is 0.0195. The third kappa shape index (κ3) is 29.1. The lowest BCUT2D eigenvalue weighted by Gasteiger charge is -2.29. The normalized spacial score (nSPS) is 15.1. The largest absolute Gasteiger partial charge is 0.508 e. The number of benzene rings is 4. The van der Waals surface area contributed by atoms with Gasteiger partial charge in [0.05, 0.1) is 25.2 Å². The summed E-state index contributed by atoms with van der Waals surface area (Å²) in [7, 11) is 0. The van der Waals surface area contributed by atoms with Crippen LogP contribution in [0, 0.1) is 17.8 Å². The van der Waals surface area contributed by atoms with E-state index in [2.05, 4.69) is 79.1 Å². The van der Waals surface area contributed by atoms with E-state index in [9.17, 15) is 107 Å². The molecule has 4 aromatic carbocycles. The maximum absolute atomic E-state index is 14.8. The number of aliphatic carboxylic acids is 2. The molecule has 0 aliphatic heterocycles. The molecule has 38 nitrogen and oxygen atoms in total. The molecular weight excluding hydrogens is 1550 g/mol. The Balaban J connectivity index is 1.22. The molecule has 2 heterocycles. The fraction of sp³-hybridized carbons (Fsp3) is 0.457. The number of phenolic OH excluding ortho intramolecular Hbond substituents is 1. The number of carboxylic acids is 2. The number of H-pyrrole nitrogens is 2. The molecule has 15 atom stereocenters. The van der Waals surface area contributed by atoms with E-state index in [1.165, 1.54) is 37.4 Å². The number of hydrogen-bond acceptors (Lipinski definition) is 20. The number of aliphatic hydroxyl groups is 3. The summed E-state index contributed by atoms with van der Waals surface area (Å²) < 4.78 is 0. The van der Waals surface area contributed by atoms with Crippen molar-refractivity contribution in [3.63, 3.8) is 0 Å². The first-order valence-electron chi connectivity index (χ1n) is 38.7. The summed E-state index contributed by atoms with van der Waals surface area (Å²) in [5.74, 6) is -19.5. The first-order valence-corrected chi connectivity index (χ1v) is 38.7. The van der Waals surface area contributed by atoms with Gasteiger partial charge in [-0.2, -0.15) is 0 Å². The molecule has 0 unspecified atom stereocenters. The molecule has 0 aliphatic rings. The molecule has 0 aliphatic carbocycles. The minimum Gasteiger partial charge on any atom is -0.508 e. The number of fused-ring (bicyclic) bond motifs is 2. The Kier molecular flexibility index (Phi) is 36.0. The standard InChI is InChI=1S/C81H108N16O22/c1-39(2)30-56(73(111)92-61(35-64(105)106)75(113)90-60(77(115)95-65(40(3)4)69(82)107)34-49-37-84-54-23-17-15-21-52(49)54)88-74(112)57(32-47-24-26-50(102)27-25-47)89-71(109)55(28-29-63(103)104)87-70(108)42(7)85-72(110)59(33-48-36-83-53-22-16-14-20-51(48)53)91-78(116)62(38-98)94-80(118)68(44(9)100)97-76(114)58(31-46-18-12-11-13-19-46)93-79(117)66(41(5)6)96-81(119)67(43(8)99)86-45(10)101/h11-27,36-37,39-44,55-62,65-68,83-84,98-100,102H,28-35,38H2,1-10H3,(H2,82,107)(H,85,110)(H,86,101)(H,87,108)(H,88,112)(H,89,109)(H,90,113)(H,91,116)(H,92,111)(H,93,117)(H,94,118)(H,95,115)(H,96,119)(H,97,114)(H,103,104)(H,105,106)/t42-,43+,44+,55-,56-,57-,58-,59-,60-,61-,62-,65-,66-,67-,68-/m0/s1. The van der Waals surface area contributed by atoms with Gasteiger partial charge in [0.2, 0.25) is 82.7 Å². The minimum absolute atomic E-state index is 0.196. The van der Waals surface area contributed by atoms with Crippen molar-refractivity contribution in [1.29, 1.82) is 0 Å². The highest BCUT2D eigenvalue weighted by Gasteiger charge is 2.40. The lowest BCUT2D eigenvalue weighted by atomic mass is 9.99. The predicted molar refractivity (Wildman–Crippen MR) is 430 cm³/mol. The van der Waals surface area contributed by atoms with Crippen LogP contribution in [0.3, 0.4) is 0 Å². The van der Waals surface area contributed by atoms with Crippen molar-refractivity contribution in [3.05, 3.63) is 138 Å². The number of amides is 14. The molecule has 2 aromatic heterocycles. The van der Waals surface area contributed by atoms with Gasteiger partial charge in [0.25, 0.3) is 0 Å². The van der Waals surface area contributed by atoms with Gasteiger partial charge < -0.3 is 115 Å². The molecule has 119 heavy (non-hydrogen) atoms. The first-order chi connectivity index (χ1) is 56.1. The van der Waals surface area contributed by atoms with Crippen LogP contribution in [0.15, 0.2) is 116 Å². The van der Waals surface area contributed by atoms with Gasteiger partial charge in [0.15, 0.2) is 0 Å². The van der Waals surface area contributed by atoms with Gasteiger partial charge in [-0.15, -0.1) is 0 Å². The number of carbonyl (C=O) groups excluding carboxylic acids is 14. The molecule has 0 radical (unpaired) electrons. The van der Waals surface area contributed by atoms with Crippen molar-refractivity contribution in [2.24, 2.45) is 23.5 Å². The molecule has 6 rings (SSSR count). The number of rotatable bonds is 46. The number of phenols is 1. The number of primary amides is 1. The minimum atomic E-state index is -1.96. The average molecular weight is 1660 g/mol. The third-order valence-electron chi connectivity index (χ3n) is 19.3. The second-order valence-electron chi connectivity index (χ2n) is 30.3. The SMILES string of the molecule is CC(=O)N[C@H](C(=O)N[C@H](C(=O)N[C@@H](Cc1ccccc1)C(=O)N[C@H](C(=O)N[C@@H](CO)C(=O)N[C@@H](Cc1c[nH]c2ccccc12)C(=O)N[C@@H](C)C(=O)N[C@@H](CCC(=O)O)C(=O)N[C@@H](Cc1ccc(O)cc1)C(=O)N[C@@H](CC(C)C)C(=O)N[C@@H](CC(=O)O)C(=O)N[C@@H](Cc1c[nH]c2ccccc12)C(=O)N[C@H](C(N)=O)C(C)C)[C@@H](C)O)C(C)C)[C@@H](C)O. The third-order valence-corrected chi connectivity index (χ3v) is 19.3. The number of para-hydroxylation sites is 2. The van der Waals surface area contributed by atoms with Crippen molar-refractivity contribution in [1.82, 2.24) is 79.1 Å². The van der Waals surface area contributed by atoms with Crippen LogP contribution >= 0.6 is 0 Å². The number of aliphatic hydroxyl groups excluding tert-OH is 3. The Morgan fingerprint density at radius 3 is 1.22 bits per heavy atom. The van der Waals surface area contributed by atoms with Gasteiger partial charge in [-0.1, -0.05) is 120 Å². The lowest BCUT2D eigenvalue weighted by molar-refractivity contribution is -0.141. The molecule has 0 saturated heterocycles. The topological polar surface area (TPSA) is 608 Å². The molecule has 38 heteroatoms. The number of aromatic hydroxyl groups is 1. The number of aromatic amines is 2. The van der Waals surface area contributed by atoms with E-state index in [0.717, 1.165) is 20.8 Å². The summed E-state index contributed by atoms with van der Waals surface area (Å²) in [6.45, 7) is 13.2. The monoisotopic (exact) mass is 1660 g/mol. The summed E-state index contributed by atoms with van der Waals surface area (Å²) in [6, 6.07) is 5.81. The van der Waals surface area contributed by atoms with Gasteiger partial charge in [-0.3, -0.25) is 76.7 Å². The van der Waals surface area contributed by atoms with Gasteiger partial charge in [-0.05, 0) is 97.9 Å². The Hall–Kier alpha value is -12.8. The average Bonchev–Trinajstić information content (AvgIpc) is 1.68. The van der Waals surface area contributed by atoms with E-state index in [0.29, 0.717) is 38.5 Å². The van der Waals surface area contributed by atoms with Crippen molar-refractivity contribution in [3.8, 4) is 5.75 Å². The number of carboxylic acid groups (broad SMARTS) is 2. The molecule has 0 bridgehead atoms. The van der Waals surface area contributed by atoms with E-state index in [1.54, 1.807) is 127 Å². The van der Waals surface area contributed by atoms with Crippen LogP contribution in [0.2, 0.25) is 0 Å². The van der Waals surface area contributed by atoms with Crippen LogP contribution in [0.5, 0.6) is 5.75 Å². The van der Waals surface area contributed by atoms with Gasteiger partial charge >= 0.3 is 11.9 Å². The fourth-order valence-electron chi connectivity index (χ4n) is 12.9. The smallest absolute Gasteiger partial charge is 0.305 e. The number of nitrogens with two attached hydrogens (primary N) is 1. The highest BCUT2D eigenvalue weighted by molar-refractivity contribution is 6.01. The molecule has 0 spiro atoms. The molecule has 0 fully saturated rings. The summed E-state index contributed by atoms with van der Waals surface area (Å²) in [6.07, 6.45) is -3.98. The summed E-state index contributed by atoms with van der Waals surface area (Å²) in [5, 5.41) is 95.4. The van der Waals surface area contributed by atoms with Gasteiger partial charge in [0.1, 0.15) is 84.3 Å². The summed E-state index contributed by atoms with van der Waals surface area (Å²) in [4.78, 5) is 227. The first kappa shape index (κ1) is 95.0. The van der Waals surface area contributed by atoms with Crippen molar-refractivity contribution < 1.29 is 107 Å². The summed E-state index contributed by atoms with van der Waals surface area (Å²) >= 11 is 0. The molecule has 0 saturated carbocycles.